The molecule has 33 heavy (non-hydrogen) atoms. The van der Waals surface area contributed by atoms with Gasteiger partial charge in [-0.2, -0.15) is 0 Å². The first kappa shape index (κ1) is 22.7. The minimum absolute atomic E-state index is 0.112. The van der Waals surface area contributed by atoms with Crippen LogP contribution in [-0.4, -0.2) is 30.6 Å². The highest BCUT2D eigenvalue weighted by atomic mass is 16.5. The number of ether oxygens (including phenoxy) is 2. The molecule has 0 aliphatic heterocycles. The summed E-state index contributed by atoms with van der Waals surface area (Å²) in [6, 6.07) is 22.1. The number of aromatic nitrogens is 1. The van der Waals surface area contributed by atoms with E-state index in [4.69, 9.17) is 14.0 Å². The monoisotopic (exact) mass is 446 g/mol. The number of aryl methyl sites for hydroxylation is 2. The van der Waals surface area contributed by atoms with Gasteiger partial charge in [0.1, 0.15) is 17.3 Å². The van der Waals surface area contributed by atoms with Crippen LogP contribution < -0.4 is 14.8 Å². The Bertz CT molecular complexity index is 1190. The molecular weight excluding hydrogens is 416 g/mol. The second-order valence-corrected chi connectivity index (χ2v) is 8.27. The van der Waals surface area contributed by atoms with Gasteiger partial charge in [0.05, 0.1) is 26.4 Å². The molecule has 0 saturated heterocycles. The van der Waals surface area contributed by atoms with Crippen LogP contribution in [0.5, 0.6) is 11.5 Å². The summed E-state index contributed by atoms with van der Waals surface area (Å²) in [6.45, 7) is 1.86. The van der Waals surface area contributed by atoms with Crippen molar-refractivity contribution < 1.29 is 19.1 Å². The lowest BCUT2D eigenvalue weighted by Gasteiger charge is -2.22. The van der Waals surface area contributed by atoms with Crippen LogP contribution in [0, 0.1) is 6.92 Å². The quantitative estimate of drug-likeness (QED) is 0.326. The first-order chi connectivity index (χ1) is 16.0. The Hall–Kier alpha value is -3.51. The average molecular weight is 447 g/mol. The zero-order chi connectivity index (χ0) is 23.2. The lowest BCUT2D eigenvalue weighted by atomic mass is 9.96. The van der Waals surface area contributed by atoms with E-state index in [2.05, 4.69) is 34.7 Å². The van der Waals surface area contributed by atoms with Crippen molar-refractivity contribution in [3.8, 4) is 11.5 Å². The molecule has 0 spiro atoms. The standard InChI is InChI=1S/C27H30N2O4/c1-18-14-27(29-33-18)28-26(20-7-11-24(31-2)12-8-20)17-23(30)10-5-19-4-6-22-16-25(32-3)13-9-21(22)15-19/h4,6-9,11-16,23,26,30H,5,10,17H2,1-3H3,(H,28,29). The molecule has 6 nitrogen and oxygen atoms in total. The summed E-state index contributed by atoms with van der Waals surface area (Å²) in [4.78, 5) is 0. The number of benzene rings is 3. The normalized spacial score (nSPS) is 13.0. The molecule has 1 aromatic heterocycles. The van der Waals surface area contributed by atoms with Crippen molar-refractivity contribution in [3.05, 3.63) is 83.6 Å². The third kappa shape index (κ3) is 5.84. The third-order valence-corrected chi connectivity index (χ3v) is 5.85. The maximum Gasteiger partial charge on any atom is 0.170 e. The molecule has 172 valence electrons. The molecule has 0 amide bonds. The summed E-state index contributed by atoms with van der Waals surface area (Å²) in [5.41, 5.74) is 2.25. The molecule has 0 saturated carbocycles. The third-order valence-electron chi connectivity index (χ3n) is 5.85. The largest absolute Gasteiger partial charge is 0.497 e. The van der Waals surface area contributed by atoms with E-state index in [9.17, 15) is 5.11 Å². The van der Waals surface area contributed by atoms with Crippen molar-refractivity contribution in [2.24, 2.45) is 0 Å². The summed E-state index contributed by atoms with van der Waals surface area (Å²) in [5, 5.41) is 20.7. The van der Waals surface area contributed by atoms with Gasteiger partial charge < -0.3 is 24.4 Å². The van der Waals surface area contributed by atoms with Gasteiger partial charge in [-0.05, 0) is 72.4 Å². The van der Waals surface area contributed by atoms with E-state index in [0.29, 0.717) is 18.7 Å². The van der Waals surface area contributed by atoms with Gasteiger partial charge in [0.2, 0.25) is 0 Å². The summed E-state index contributed by atoms with van der Waals surface area (Å²) in [5.74, 6) is 3.04. The van der Waals surface area contributed by atoms with E-state index in [1.54, 1.807) is 14.2 Å². The van der Waals surface area contributed by atoms with Crippen LogP contribution >= 0.6 is 0 Å². The molecule has 1 heterocycles. The first-order valence-electron chi connectivity index (χ1n) is 11.1. The number of fused-ring (bicyclic) bond motifs is 1. The number of methoxy groups -OCH3 is 2. The number of aliphatic hydroxyl groups is 1. The predicted octanol–water partition coefficient (Wildman–Crippen LogP) is 5.69. The van der Waals surface area contributed by atoms with Crippen LogP contribution in [0.1, 0.15) is 35.8 Å². The van der Waals surface area contributed by atoms with Gasteiger partial charge in [-0.3, -0.25) is 0 Å². The summed E-state index contributed by atoms with van der Waals surface area (Å²) in [7, 11) is 3.32. The molecule has 6 heteroatoms. The maximum absolute atomic E-state index is 10.9. The van der Waals surface area contributed by atoms with Gasteiger partial charge >= 0.3 is 0 Å². The highest BCUT2D eigenvalue weighted by Crippen LogP contribution is 2.28. The highest BCUT2D eigenvalue weighted by Gasteiger charge is 2.18. The molecule has 0 radical (unpaired) electrons. The highest BCUT2D eigenvalue weighted by molar-refractivity contribution is 5.84. The second-order valence-electron chi connectivity index (χ2n) is 8.27. The Morgan fingerprint density at radius 2 is 1.61 bits per heavy atom. The van der Waals surface area contributed by atoms with Crippen molar-refractivity contribution in [3.63, 3.8) is 0 Å². The van der Waals surface area contributed by atoms with Crippen molar-refractivity contribution in [2.45, 2.75) is 38.3 Å². The van der Waals surface area contributed by atoms with E-state index in [1.165, 1.54) is 10.9 Å². The summed E-state index contributed by atoms with van der Waals surface area (Å²) in [6.07, 6.45) is 1.52. The van der Waals surface area contributed by atoms with Crippen molar-refractivity contribution in [1.29, 1.82) is 0 Å². The summed E-state index contributed by atoms with van der Waals surface area (Å²) < 4.78 is 15.8. The van der Waals surface area contributed by atoms with Gasteiger partial charge in [0.25, 0.3) is 0 Å². The minimum atomic E-state index is -0.482. The lowest BCUT2D eigenvalue weighted by molar-refractivity contribution is 0.148. The Morgan fingerprint density at radius 3 is 2.30 bits per heavy atom. The van der Waals surface area contributed by atoms with E-state index in [0.717, 1.165) is 34.6 Å². The number of rotatable bonds is 10. The van der Waals surface area contributed by atoms with Crippen molar-refractivity contribution in [1.82, 2.24) is 5.16 Å². The van der Waals surface area contributed by atoms with Crippen LogP contribution in [-0.2, 0) is 6.42 Å². The lowest BCUT2D eigenvalue weighted by Crippen LogP contribution is -2.19. The van der Waals surface area contributed by atoms with E-state index in [-0.39, 0.29) is 6.04 Å². The molecule has 4 rings (SSSR count). The van der Waals surface area contributed by atoms with Gasteiger partial charge in [-0.25, -0.2) is 0 Å². The molecule has 2 unspecified atom stereocenters. The predicted molar refractivity (Wildman–Crippen MR) is 130 cm³/mol. The number of nitrogens with zero attached hydrogens (tertiary/aromatic N) is 1. The zero-order valence-electron chi connectivity index (χ0n) is 19.2. The van der Waals surface area contributed by atoms with Crippen LogP contribution in [0.25, 0.3) is 10.8 Å². The minimum Gasteiger partial charge on any atom is -0.497 e. The van der Waals surface area contributed by atoms with Crippen LogP contribution in [0.4, 0.5) is 5.82 Å². The molecule has 2 N–H and O–H groups in total. The van der Waals surface area contributed by atoms with Crippen LogP contribution in [0.15, 0.2) is 71.3 Å². The smallest absolute Gasteiger partial charge is 0.170 e. The fourth-order valence-corrected chi connectivity index (χ4v) is 4.01. The molecule has 0 bridgehead atoms. The molecule has 4 aromatic rings. The van der Waals surface area contributed by atoms with Gasteiger partial charge in [-0.15, -0.1) is 0 Å². The first-order valence-corrected chi connectivity index (χ1v) is 11.1. The van der Waals surface area contributed by atoms with Gasteiger partial charge in [0, 0.05) is 6.07 Å². The Labute approximate surface area is 194 Å². The zero-order valence-corrected chi connectivity index (χ0v) is 19.2. The number of anilines is 1. The van der Waals surface area contributed by atoms with Gasteiger partial charge in [-0.1, -0.05) is 41.6 Å². The fraction of sp³-hybridized carbons (Fsp3) is 0.296. The van der Waals surface area contributed by atoms with E-state index in [1.807, 2.05) is 49.4 Å². The number of hydrogen-bond acceptors (Lipinski definition) is 6. The molecule has 2 atom stereocenters. The Morgan fingerprint density at radius 1 is 0.909 bits per heavy atom. The molecular formula is C27H30N2O4. The van der Waals surface area contributed by atoms with Crippen LogP contribution in [0.2, 0.25) is 0 Å². The molecule has 0 aliphatic carbocycles. The fourth-order valence-electron chi connectivity index (χ4n) is 4.01. The van der Waals surface area contributed by atoms with Crippen molar-refractivity contribution >= 4 is 16.6 Å². The number of nitrogens with one attached hydrogen (secondary N) is 1. The number of aliphatic hydroxyl groups excluding tert-OH is 1. The Kier molecular flexibility index (Phi) is 7.15. The molecule has 3 aromatic carbocycles. The Balaban J connectivity index is 1.43. The molecule has 0 aliphatic rings. The van der Waals surface area contributed by atoms with Gasteiger partial charge in [0.15, 0.2) is 5.82 Å². The number of hydrogen-bond donors (Lipinski definition) is 2. The second kappa shape index (κ2) is 10.4. The maximum atomic E-state index is 10.9. The molecule has 0 fully saturated rings. The van der Waals surface area contributed by atoms with Crippen LogP contribution in [0.3, 0.4) is 0 Å². The topological polar surface area (TPSA) is 76.8 Å². The SMILES string of the molecule is COc1ccc(C(CC(O)CCc2ccc3cc(OC)ccc3c2)Nc2cc(C)on2)cc1. The van der Waals surface area contributed by atoms with Crippen molar-refractivity contribution in [2.75, 3.05) is 19.5 Å². The summed E-state index contributed by atoms with van der Waals surface area (Å²) >= 11 is 0. The van der Waals surface area contributed by atoms with E-state index < -0.39 is 6.10 Å². The average Bonchev–Trinajstić information content (AvgIpc) is 3.26. The van der Waals surface area contributed by atoms with E-state index >= 15 is 0 Å².